The van der Waals surface area contributed by atoms with Crippen LogP contribution in [-0.2, 0) is 0 Å². The molecule has 0 aromatic heterocycles. The van der Waals surface area contributed by atoms with Crippen LogP contribution in [0.3, 0.4) is 0 Å². The molecule has 0 saturated heterocycles. The highest BCUT2D eigenvalue weighted by Gasteiger charge is 2.80. The minimum atomic E-state index is -7.41. The van der Waals surface area contributed by atoms with Gasteiger partial charge in [0.25, 0.3) is 0 Å². The summed E-state index contributed by atoms with van der Waals surface area (Å²) in [6.45, 7) is 9.40. The van der Waals surface area contributed by atoms with Gasteiger partial charge in [-0.05, 0) is 31.5 Å². The van der Waals surface area contributed by atoms with Gasteiger partial charge in [-0.15, -0.1) is 19.7 Å². The van der Waals surface area contributed by atoms with Crippen molar-refractivity contribution < 1.29 is 61.5 Å². The number of rotatable bonds is 12. The Hall–Kier alpha value is -1.80. The molecule has 0 rings (SSSR count). The highest BCUT2D eigenvalue weighted by molar-refractivity contribution is 6.81. The number of alkyl halides is 14. The average molecular weight is 570 g/mol. The van der Waals surface area contributed by atoms with Gasteiger partial charge in [0.1, 0.15) is 0 Å². The lowest BCUT2D eigenvalue weighted by atomic mass is 9.78. The lowest BCUT2D eigenvalue weighted by molar-refractivity contribution is -0.337. The Balaban J connectivity index is 7.32. The molecule has 36 heavy (non-hydrogen) atoms. The monoisotopic (exact) mass is 570 g/mol. The summed E-state index contributed by atoms with van der Waals surface area (Å²) in [6, 6.07) is 0.274. The summed E-state index contributed by atoms with van der Waals surface area (Å²) in [5, 5.41) is 0. The van der Waals surface area contributed by atoms with Gasteiger partial charge in [-0.25, -0.2) is 8.78 Å². The molecule has 0 aliphatic heterocycles. The van der Waals surface area contributed by atoms with Crippen LogP contribution in [0, 0.1) is 0 Å². The third-order valence-electron chi connectivity index (χ3n) is 5.64. The van der Waals surface area contributed by atoms with Gasteiger partial charge in [0.15, 0.2) is 0 Å². The Labute approximate surface area is 199 Å². The molecule has 1 unspecified atom stereocenters. The van der Waals surface area contributed by atoms with E-state index in [1.54, 1.807) is 0 Å². The van der Waals surface area contributed by atoms with Crippen molar-refractivity contribution in [2.75, 3.05) is 0 Å². The van der Waals surface area contributed by atoms with Crippen LogP contribution in [0.25, 0.3) is 0 Å². The molecule has 0 spiro atoms. The standard InChI is InChI=1S/C21H24F14Si/c1-5-10-36(11-6-2,12-7-3)13-8-9-14(18(24,25)26)15(16(4,22)19(27,28)29)17(23,20(30,31)32)21(33,34)35/h5-7H,1-3,8-13H2,4H3/b15-14+. The third-order valence-corrected chi connectivity index (χ3v) is 10.5. The largest absolute Gasteiger partial charge is 0.435 e. The minimum absolute atomic E-state index is 0.185. The molecule has 0 aromatic carbocycles. The lowest BCUT2D eigenvalue weighted by Gasteiger charge is -2.40. The van der Waals surface area contributed by atoms with Crippen molar-refractivity contribution in [3.05, 3.63) is 49.1 Å². The first kappa shape index (κ1) is 34.2. The van der Waals surface area contributed by atoms with Crippen LogP contribution < -0.4 is 0 Å². The molecule has 0 aliphatic rings. The molecule has 0 bridgehead atoms. The summed E-state index contributed by atoms with van der Waals surface area (Å²) in [5.74, 6) is 0. The number of halogens is 14. The normalized spacial score (nSPS) is 16.8. The Morgan fingerprint density at radius 1 is 0.639 bits per heavy atom. The topological polar surface area (TPSA) is 0 Å². The Morgan fingerprint density at radius 2 is 1.00 bits per heavy atom. The summed E-state index contributed by atoms with van der Waals surface area (Å²) in [7, 11) is -2.76. The highest BCUT2D eigenvalue weighted by atomic mass is 28.3. The smallest absolute Gasteiger partial charge is 0.229 e. The lowest BCUT2D eigenvalue weighted by Crippen LogP contribution is -2.61. The van der Waals surface area contributed by atoms with E-state index >= 15 is 0 Å². The van der Waals surface area contributed by atoms with Crippen molar-refractivity contribution in [2.24, 2.45) is 0 Å². The van der Waals surface area contributed by atoms with E-state index in [0.717, 1.165) is 0 Å². The van der Waals surface area contributed by atoms with Crippen LogP contribution in [0.2, 0.25) is 24.2 Å². The zero-order chi connectivity index (χ0) is 29.0. The number of allylic oxidation sites excluding steroid dienone is 5. The molecular weight excluding hydrogens is 546 g/mol. The predicted molar refractivity (Wildman–Crippen MR) is 109 cm³/mol. The fourth-order valence-electron chi connectivity index (χ4n) is 3.92. The van der Waals surface area contributed by atoms with Crippen molar-refractivity contribution >= 4 is 8.07 Å². The van der Waals surface area contributed by atoms with E-state index in [1.807, 2.05) is 0 Å². The zero-order valence-corrected chi connectivity index (χ0v) is 19.9. The van der Waals surface area contributed by atoms with Gasteiger partial charge in [-0.2, -0.15) is 52.7 Å². The maximum absolute atomic E-state index is 14.7. The molecule has 15 heteroatoms. The molecule has 0 aliphatic carbocycles. The van der Waals surface area contributed by atoms with Gasteiger partial charge < -0.3 is 0 Å². The summed E-state index contributed by atoms with van der Waals surface area (Å²) in [5.41, 5.74) is -20.6. The quantitative estimate of drug-likeness (QED) is 0.125. The maximum atomic E-state index is 14.7. The third kappa shape index (κ3) is 7.15. The van der Waals surface area contributed by atoms with E-state index in [9.17, 15) is 61.5 Å². The summed E-state index contributed by atoms with van der Waals surface area (Å²) >= 11 is 0. The molecule has 0 aromatic rings. The van der Waals surface area contributed by atoms with Crippen LogP contribution in [0.4, 0.5) is 61.5 Å². The fraction of sp³-hybridized carbons (Fsp3) is 0.619. The van der Waals surface area contributed by atoms with Crippen molar-refractivity contribution in [1.29, 1.82) is 0 Å². The highest BCUT2D eigenvalue weighted by Crippen LogP contribution is 2.59. The van der Waals surface area contributed by atoms with E-state index in [1.165, 1.54) is 18.2 Å². The minimum Gasteiger partial charge on any atom is -0.229 e. The van der Waals surface area contributed by atoms with E-state index in [0.29, 0.717) is 0 Å². The Morgan fingerprint density at radius 3 is 1.25 bits per heavy atom. The first-order valence-electron chi connectivity index (χ1n) is 10.1. The van der Waals surface area contributed by atoms with Crippen LogP contribution in [0.5, 0.6) is 0 Å². The second-order valence-corrected chi connectivity index (χ2v) is 13.1. The zero-order valence-electron chi connectivity index (χ0n) is 18.9. The van der Waals surface area contributed by atoms with Gasteiger partial charge in [-0.1, -0.05) is 30.7 Å². The van der Waals surface area contributed by atoms with Gasteiger partial charge in [0.2, 0.25) is 5.67 Å². The Kier molecular flexibility index (Phi) is 10.7. The molecule has 0 saturated carbocycles. The van der Waals surface area contributed by atoms with E-state index < -0.39 is 75.0 Å². The molecule has 0 N–H and O–H groups in total. The number of hydrogen-bond donors (Lipinski definition) is 0. The first-order chi connectivity index (χ1) is 15.9. The maximum Gasteiger partial charge on any atom is 0.435 e. The van der Waals surface area contributed by atoms with Gasteiger partial charge >= 0.3 is 30.4 Å². The summed E-state index contributed by atoms with van der Waals surface area (Å²) < 4.78 is 190. The van der Waals surface area contributed by atoms with Gasteiger partial charge in [0, 0.05) is 11.1 Å². The van der Waals surface area contributed by atoms with Crippen LogP contribution in [-0.4, -0.2) is 44.1 Å². The average Bonchev–Trinajstić information content (AvgIpc) is 2.63. The summed E-state index contributed by atoms with van der Waals surface area (Å²) in [6.07, 6.45) is -26.7. The van der Waals surface area contributed by atoms with Gasteiger partial charge in [0.05, 0.1) is 8.07 Å². The van der Waals surface area contributed by atoms with Crippen LogP contribution in [0.1, 0.15) is 19.8 Å². The Bertz CT molecular complexity index is 768. The molecular formula is C21H24F14Si. The molecule has 0 heterocycles. The predicted octanol–water partition coefficient (Wildman–Crippen LogP) is 9.76. The van der Waals surface area contributed by atoms with Crippen molar-refractivity contribution in [3.63, 3.8) is 0 Å². The molecule has 1 atom stereocenters. The van der Waals surface area contributed by atoms with E-state index in [2.05, 4.69) is 19.7 Å². The fourth-order valence-corrected chi connectivity index (χ4v) is 7.80. The second kappa shape index (κ2) is 11.3. The molecule has 0 radical (unpaired) electrons. The molecule has 210 valence electrons. The van der Waals surface area contributed by atoms with Crippen molar-refractivity contribution in [2.45, 2.75) is 80.0 Å². The van der Waals surface area contributed by atoms with E-state index in [4.69, 9.17) is 0 Å². The molecule has 0 fully saturated rings. The second-order valence-electron chi connectivity index (χ2n) is 8.34. The van der Waals surface area contributed by atoms with Gasteiger partial charge in [-0.3, -0.25) is 0 Å². The van der Waals surface area contributed by atoms with Crippen molar-refractivity contribution in [1.82, 2.24) is 0 Å². The first-order valence-corrected chi connectivity index (χ1v) is 12.9. The summed E-state index contributed by atoms with van der Waals surface area (Å²) in [4.78, 5) is 0. The van der Waals surface area contributed by atoms with Crippen LogP contribution in [0.15, 0.2) is 49.1 Å². The number of hydrogen-bond acceptors (Lipinski definition) is 0. The van der Waals surface area contributed by atoms with Crippen LogP contribution >= 0.6 is 0 Å². The molecule has 0 nitrogen and oxygen atoms in total. The SMILES string of the molecule is C=CC[Si](CC=C)(CC=C)CCC/C(=C(/C(C)(F)C(F)(F)F)C(F)(C(F)(F)F)C(F)(F)F)C(F)(F)F. The van der Waals surface area contributed by atoms with E-state index in [-0.39, 0.29) is 24.2 Å². The molecule has 0 amide bonds. The van der Waals surface area contributed by atoms with Crippen molar-refractivity contribution in [3.8, 4) is 0 Å².